The number of halogens is 1. The fourth-order valence-corrected chi connectivity index (χ4v) is 3.08. The summed E-state index contributed by atoms with van der Waals surface area (Å²) in [5.41, 5.74) is 1.01. The number of hydrogen-bond donors (Lipinski definition) is 1. The molecular formula is C15H23BrN2O. The number of phenols is 1. The van der Waals surface area contributed by atoms with Gasteiger partial charge in [0.1, 0.15) is 5.75 Å². The third kappa shape index (κ3) is 3.50. The van der Waals surface area contributed by atoms with Crippen molar-refractivity contribution in [1.82, 2.24) is 9.80 Å². The van der Waals surface area contributed by atoms with Crippen LogP contribution in [0.5, 0.6) is 5.75 Å². The largest absolute Gasteiger partial charge is 0.508 e. The molecule has 106 valence electrons. The van der Waals surface area contributed by atoms with Crippen molar-refractivity contribution >= 4 is 15.9 Å². The van der Waals surface area contributed by atoms with Crippen LogP contribution in [0.2, 0.25) is 0 Å². The van der Waals surface area contributed by atoms with Crippen LogP contribution in [0.3, 0.4) is 0 Å². The van der Waals surface area contributed by atoms with Crippen LogP contribution in [0.25, 0.3) is 0 Å². The Hall–Kier alpha value is -0.580. The molecule has 1 unspecified atom stereocenters. The molecule has 1 saturated heterocycles. The van der Waals surface area contributed by atoms with E-state index in [1.54, 1.807) is 6.07 Å². The number of nitrogens with zero attached hydrogens (tertiary/aromatic N) is 2. The van der Waals surface area contributed by atoms with Gasteiger partial charge in [-0.25, -0.2) is 0 Å². The lowest BCUT2D eigenvalue weighted by Gasteiger charge is -2.40. The van der Waals surface area contributed by atoms with Crippen molar-refractivity contribution in [2.75, 3.05) is 26.2 Å². The Kier molecular flexibility index (Phi) is 4.87. The maximum absolute atomic E-state index is 10.0. The first-order valence-corrected chi connectivity index (χ1v) is 7.75. The van der Waals surface area contributed by atoms with E-state index >= 15 is 0 Å². The monoisotopic (exact) mass is 326 g/mol. The normalized spacial score (nSPS) is 19.8. The minimum Gasteiger partial charge on any atom is -0.508 e. The molecule has 1 fully saturated rings. The van der Waals surface area contributed by atoms with E-state index in [4.69, 9.17) is 0 Å². The van der Waals surface area contributed by atoms with Crippen molar-refractivity contribution in [1.29, 1.82) is 0 Å². The van der Waals surface area contributed by atoms with Crippen LogP contribution in [-0.2, 0) is 0 Å². The van der Waals surface area contributed by atoms with Crippen LogP contribution < -0.4 is 0 Å². The van der Waals surface area contributed by atoms with Crippen molar-refractivity contribution in [2.45, 2.75) is 32.9 Å². The van der Waals surface area contributed by atoms with E-state index in [2.05, 4.69) is 46.5 Å². The van der Waals surface area contributed by atoms with Gasteiger partial charge in [-0.15, -0.1) is 0 Å². The molecule has 1 atom stereocenters. The van der Waals surface area contributed by atoms with Gasteiger partial charge in [-0.1, -0.05) is 15.9 Å². The fourth-order valence-electron chi connectivity index (χ4n) is 2.70. The van der Waals surface area contributed by atoms with Gasteiger partial charge in [0.25, 0.3) is 0 Å². The predicted molar refractivity (Wildman–Crippen MR) is 82.5 cm³/mol. The van der Waals surface area contributed by atoms with Crippen molar-refractivity contribution < 1.29 is 5.11 Å². The highest BCUT2D eigenvalue weighted by Crippen LogP contribution is 2.31. The lowest BCUT2D eigenvalue weighted by molar-refractivity contribution is 0.0826. The van der Waals surface area contributed by atoms with E-state index in [1.807, 2.05) is 12.1 Å². The molecule has 0 radical (unpaired) electrons. The maximum atomic E-state index is 10.0. The van der Waals surface area contributed by atoms with Gasteiger partial charge in [0.2, 0.25) is 0 Å². The van der Waals surface area contributed by atoms with Crippen molar-refractivity contribution in [2.24, 2.45) is 0 Å². The summed E-state index contributed by atoms with van der Waals surface area (Å²) in [4.78, 5) is 4.95. The average Bonchev–Trinajstić information content (AvgIpc) is 2.41. The molecule has 0 bridgehead atoms. The van der Waals surface area contributed by atoms with E-state index in [0.29, 0.717) is 11.8 Å². The molecule has 1 aromatic rings. The topological polar surface area (TPSA) is 26.7 Å². The van der Waals surface area contributed by atoms with E-state index in [1.165, 1.54) is 0 Å². The Morgan fingerprint density at radius 1 is 1.05 bits per heavy atom. The molecule has 0 amide bonds. The molecule has 0 saturated carbocycles. The van der Waals surface area contributed by atoms with Crippen molar-refractivity contribution in [3.05, 3.63) is 28.2 Å². The molecule has 1 aromatic carbocycles. The molecule has 3 nitrogen and oxygen atoms in total. The van der Waals surface area contributed by atoms with Gasteiger partial charge in [-0.2, -0.15) is 0 Å². The Morgan fingerprint density at radius 2 is 1.63 bits per heavy atom. The highest BCUT2D eigenvalue weighted by molar-refractivity contribution is 9.10. The quantitative estimate of drug-likeness (QED) is 0.923. The van der Waals surface area contributed by atoms with Gasteiger partial charge < -0.3 is 5.11 Å². The molecule has 1 heterocycles. The zero-order valence-corrected chi connectivity index (χ0v) is 13.5. The average molecular weight is 327 g/mol. The lowest BCUT2D eigenvalue weighted by Crippen LogP contribution is -2.49. The van der Waals surface area contributed by atoms with E-state index < -0.39 is 0 Å². The van der Waals surface area contributed by atoms with E-state index in [0.717, 1.165) is 36.2 Å². The molecule has 19 heavy (non-hydrogen) atoms. The Bertz CT molecular complexity index is 428. The number of benzene rings is 1. The van der Waals surface area contributed by atoms with Gasteiger partial charge in [-0.05, 0) is 39.0 Å². The summed E-state index contributed by atoms with van der Waals surface area (Å²) in [7, 11) is 0. The molecule has 0 spiro atoms. The van der Waals surface area contributed by atoms with Crippen LogP contribution in [0.15, 0.2) is 22.7 Å². The summed E-state index contributed by atoms with van der Waals surface area (Å²) in [6, 6.07) is 6.54. The number of phenolic OH excluding ortho intramolecular Hbond substituents is 1. The number of aromatic hydroxyl groups is 1. The molecular weight excluding hydrogens is 304 g/mol. The summed E-state index contributed by atoms with van der Waals surface area (Å²) in [5, 5.41) is 10.0. The van der Waals surface area contributed by atoms with Crippen molar-refractivity contribution in [3.63, 3.8) is 0 Å². The first-order valence-electron chi connectivity index (χ1n) is 6.95. The number of hydrogen-bond acceptors (Lipinski definition) is 3. The summed E-state index contributed by atoms with van der Waals surface area (Å²) in [6.45, 7) is 11.0. The smallest absolute Gasteiger partial charge is 0.120 e. The van der Waals surface area contributed by atoms with Gasteiger partial charge in [0.15, 0.2) is 0 Å². The van der Waals surface area contributed by atoms with Gasteiger partial charge in [-0.3, -0.25) is 9.80 Å². The zero-order chi connectivity index (χ0) is 14.0. The van der Waals surface area contributed by atoms with Gasteiger partial charge >= 0.3 is 0 Å². The standard InChI is InChI=1S/C15H23BrN2O/c1-11(2)17-6-8-18(9-7-17)12(3)14-10-13(16)4-5-15(14)19/h4-5,10-12,19H,6-9H2,1-3H3. The minimum atomic E-state index is 0.256. The summed E-state index contributed by atoms with van der Waals surface area (Å²) < 4.78 is 1.02. The second-order valence-electron chi connectivity index (χ2n) is 5.54. The molecule has 4 heteroatoms. The minimum absolute atomic E-state index is 0.256. The zero-order valence-electron chi connectivity index (χ0n) is 11.9. The molecule has 1 aliphatic heterocycles. The molecule has 1 aliphatic rings. The summed E-state index contributed by atoms with van der Waals surface area (Å²) in [6.07, 6.45) is 0. The van der Waals surface area contributed by atoms with Gasteiger partial charge in [0, 0.05) is 48.3 Å². The predicted octanol–water partition coefficient (Wildman–Crippen LogP) is 3.24. The Labute approximate surface area is 124 Å². The third-order valence-electron chi connectivity index (χ3n) is 4.07. The van der Waals surface area contributed by atoms with E-state index in [9.17, 15) is 5.11 Å². The van der Waals surface area contributed by atoms with Gasteiger partial charge in [0.05, 0.1) is 0 Å². The molecule has 2 rings (SSSR count). The fraction of sp³-hybridized carbons (Fsp3) is 0.600. The van der Waals surface area contributed by atoms with Crippen LogP contribution in [-0.4, -0.2) is 47.1 Å². The number of rotatable bonds is 3. The van der Waals surface area contributed by atoms with Crippen molar-refractivity contribution in [3.8, 4) is 5.75 Å². The second kappa shape index (κ2) is 6.25. The van der Waals surface area contributed by atoms with Crippen LogP contribution in [0.4, 0.5) is 0 Å². The van der Waals surface area contributed by atoms with Crippen LogP contribution in [0, 0.1) is 0 Å². The second-order valence-corrected chi connectivity index (χ2v) is 6.46. The molecule has 0 aromatic heterocycles. The molecule has 1 N–H and O–H groups in total. The third-order valence-corrected chi connectivity index (χ3v) is 4.56. The SMILES string of the molecule is CC(C)N1CCN(C(C)c2cc(Br)ccc2O)CC1. The highest BCUT2D eigenvalue weighted by atomic mass is 79.9. The maximum Gasteiger partial charge on any atom is 0.120 e. The molecule has 0 aliphatic carbocycles. The lowest BCUT2D eigenvalue weighted by atomic mass is 10.0. The number of piperazine rings is 1. The first kappa shape index (κ1) is 14.8. The Balaban J connectivity index is 2.05. The Morgan fingerprint density at radius 3 is 2.21 bits per heavy atom. The summed E-state index contributed by atoms with van der Waals surface area (Å²) in [5.74, 6) is 0.391. The van der Waals surface area contributed by atoms with Crippen LogP contribution >= 0.6 is 15.9 Å². The summed E-state index contributed by atoms with van der Waals surface area (Å²) >= 11 is 3.48. The van der Waals surface area contributed by atoms with Crippen LogP contribution in [0.1, 0.15) is 32.4 Å². The first-order chi connectivity index (χ1) is 8.99. The highest BCUT2D eigenvalue weighted by Gasteiger charge is 2.24. The van der Waals surface area contributed by atoms with E-state index in [-0.39, 0.29) is 6.04 Å².